The van der Waals surface area contributed by atoms with Gasteiger partial charge in [0.2, 0.25) is 10.0 Å². The second-order valence-corrected chi connectivity index (χ2v) is 9.70. The van der Waals surface area contributed by atoms with E-state index >= 15 is 0 Å². The molecule has 4 atom stereocenters. The summed E-state index contributed by atoms with van der Waals surface area (Å²) in [4.78, 5) is 12.3. The lowest BCUT2D eigenvalue weighted by atomic mass is 9.84. The van der Waals surface area contributed by atoms with E-state index in [4.69, 9.17) is 9.47 Å². The lowest BCUT2D eigenvalue weighted by molar-refractivity contribution is -0.140. The molecule has 0 saturated carbocycles. The first-order chi connectivity index (χ1) is 13.3. The van der Waals surface area contributed by atoms with Gasteiger partial charge in [-0.3, -0.25) is 0 Å². The van der Waals surface area contributed by atoms with Gasteiger partial charge >= 0.3 is 5.97 Å². The van der Waals surface area contributed by atoms with E-state index in [1.165, 1.54) is 0 Å². The van der Waals surface area contributed by atoms with Crippen LogP contribution in [0.15, 0.2) is 59.0 Å². The fourth-order valence-electron chi connectivity index (χ4n) is 4.15. The van der Waals surface area contributed by atoms with Gasteiger partial charge in [0.1, 0.15) is 12.2 Å². The van der Waals surface area contributed by atoms with Crippen molar-refractivity contribution in [1.29, 1.82) is 0 Å². The van der Waals surface area contributed by atoms with Crippen LogP contribution in [0.2, 0.25) is 0 Å². The SMILES string of the molecule is C=C1C(=O)O[C@H]2[C@H]1CC/C(CNS(=O)(=O)c1ccccc1)=C\CC[C@@]1(C)O[C@@H]21. The summed E-state index contributed by atoms with van der Waals surface area (Å²) >= 11 is 0. The van der Waals surface area contributed by atoms with Crippen LogP contribution in [0.3, 0.4) is 0 Å². The quantitative estimate of drug-likeness (QED) is 0.362. The Kier molecular flexibility index (Phi) is 4.93. The number of fused-ring (bicyclic) bond motifs is 3. The number of esters is 1. The zero-order valence-electron chi connectivity index (χ0n) is 15.9. The van der Waals surface area contributed by atoms with E-state index in [0.717, 1.165) is 18.4 Å². The summed E-state index contributed by atoms with van der Waals surface area (Å²) in [5, 5.41) is 0. The first-order valence-corrected chi connectivity index (χ1v) is 11.1. The Morgan fingerprint density at radius 3 is 2.79 bits per heavy atom. The third kappa shape index (κ3) is 3.66. The molecule has 0 spiro atoms. The molecule has 150 valence electrons. The van der Waals surface area contributed by atoms with Gasteiger partial charge in [-0.2, -0.15) is 0 Å². The molecule has 1 aliphatic carbocycles. The van der Waals surface area contributed by atoms with Crippen LogP contribution in [0.1, 0.15) is 32.6 Å². The molecule has 1 N–H and O–H groups in total. The lowest BCUT2D eigenvalue weighted by Crippen LogP contribution is -2.30. The van der Waals surface area contributed by atoms with Crippen molar-refractivity contribution >= 4 is 16.0 Å². The van der Waals surface area contributed by atoms with Gasteiger partial charge in [-0.1, -0.05) is 36.4 Å². The molecule has 4 rings (SSSR count). The summed E-state index contributed by atoms with van der Waals surface area (Å²) in [7, 11) is -3.56. The molecule has 6 nitrogen and oxygen atoms in total. The van der Waals surface area contributed by atoms with E-state index in [1.54, 1.807) is 30.3 Å². The number of ether oxygens (including phenoxy) is 2. The van der Waals surface area contributed by atoms with Crippen molar-refractivity contribution < 1.29 is 22.7 Å². The van der Waals surface area contributed by atoms with E-state index in [9.17, 15) is 13.2 Å². The number of carbonyl (C=O) groups is 1. The van der Waals surface area contributed by atoms with Crippen molar-refractivity contribution in [2.24, 2.45) is 5.92 Å². The third-order valence-electron chi connectivity index (χ3n) is 5.98. The van der Waals surface area contributed by atoms with Crippen molar-refractivity contribution in [2.45, 2.75) is 55.3 Å². The maximum atomic E-state index is 12.5. The highest BCUT2D eigenvalue weighted by molar-refractivity contribution is 7.89. The minimum absolute atomic E-state index is 0.0766. The summed E-state index contributed by atoms with van der Waals surface area (Å²) in [6, 6.07) is 8.34. The molecule has 7 heteroatoms. The van der Waals surface area contributed by atoms with Gasteiger partial charge in [0.05, 0.1) is 10.5 Å². The Labute approximate surface area is 165 Å². The molecule has 0 aromatic heterocycles. The molecule has 2 aliphatic heterocycles. The summed E-state index contributed by atoms with van der Waals surface area (Å²) in [6.07, 6.45) is 4.69. The first kappa shape index (κ1) is 19.4. The molecule has 1 aromatic carbocycles. The summed E-state index contributed by atoms with van der Waals surface area (Å²) in [5.41, 5.74) is 1.21. The maximum absolute atomic E-state index is 12.5. The van der Waals surface area contributed by atoms with Crippen molar-refractivity contribution in [3.05, 3.63) is 54.1 Å². The van der Waals surface area contributed by atoms with Gasteiger partial charge < -0.3 is 9.47 Å². The Morgan fingerprint density at radius 2 is 2.04 bits per heavy atom. The van der Waals surface area contributed by atoms with Crippen LogP contribution in [-0.2, 0) is 24.3 Å². The average Bonchev–Trinajstić information content (AvgIpc) is 3.27. The van der Waals surface area contributed by atoms with Gasteiger partial charge in [0, 0.05) is 18.0 Å². The number of carbonyl (C=O) groups excluding carboxylic acids is 1. The average molecular weight is 404 g/mol. The van der Waals surface area contributed by atoms with Crippen LogP contribution < -0.4 is 4.72 Å². The molecular weight excluding hydrogens is 378 g/mol. The minimum atomic E-state index is -3.56. The molecule has 0 unspecified atom stereocenters. The number of hydrogen-bond acceptors (Lipinski definition) is 5. The second kappa shape index (κ2) is 7.13. The highest BCUT2D eigenvalue weighted by Crippen LogP contribution is 2.49. The van der Waals surface area contributed by atoms with Crippen LogP contribution >= 0.6 is 0 Å². The molecule has 2 heterocycles. The molecule has 2 saturated heterocycles. The van der Waals surface area contributed by atoms with Crippen molar-refractivity contribution in [2.75, 3.05) is 6.54 Å². The highest BCUT2D eigenvalue weighted by Gasteiger charge is 2.61. The first-order valence-electron chi connectivity index (χ1n) is 9.60. The Hall–Kier alpha value is -1.96. The zero-order chi connectivity index (χ0) is 19.9. The van der Waals surface area contributed by atoms with Crippen LogP contribution in [-0.4, -0.2) is 38.7 Å². The van der Waals surface area contributed by atoms with Gasteiger partial charge in [0.15, 0.2) is 0 Å². The fraction of sp³-hybridized carbons (Fsp3) is 0.476. The van der Waals surface area contributed by atoms with E-state index in [-0.39, 0.29) is 41.1 Å². The lowest BCUT2D eigenvalue weighted by Gasteiger charge is -2.20. The summed E-state index contributed by atoms with van der Waals surface area (Å²) < 4.78 is 39.1. The van der Waals surface area contributed by atoms with E-state index in [1.807, 2.05) is 6.92 Å². The van der Waals surface area contributed by atoms with Crippen LogP contribution in [0.25, 0.3) is 0 Å². The second-order valence-electron chi connectivity index (χ2n) is 7.93. The molecule has 3 aliphatic rings. The van der Waals surface area contributed by atoms with Gasteiger partial charge in [-0.05, 0) is 44.7 Å². The standard InChI is InChI=1S/C21H25NO5S/c1-14-17-11-10-15(13-22-28(24,25)16-8-4-3-5-9-16)7-6-12-21(2)19(27-21)18(17)26-20(14)23/h3-5,7-9,17-19,22H,1,6,10-13H2,2H3/b15-7+/t17-,18-,19-,21+/m0/s1. The third-order valence-corrected chi connectivity index (χ3v) is 7.40. The fourth-order valence-corrected chi connectivity index (χ4v) is 5.21. The van der Waals surface area contributed by atoms with Crippen molar-refractivity contribution in [3.63, 3.8) is 0 Å². The predicted molar refractivity (Wildman–Crippen MR) is 104 cm³/mol. The number of epoxide rings is 1. The number of hydrogen-bond donors (Lipinski definition) is 1. The van der Waals surface area contributed by atoms with Crippen LogP contribution in [0.5, 0.6) is 0 Å². The predicted octanol–water partition coefficient (Wildman–Crippen LogP) is 2.72. The number of rotatable bonds is 4. The molecule has 0 bridgehead atoms. The molecule has 2 fully saturated rings. The smallest absolute Gasteiger partial charge is 0.334 e. The molecule has 0 amide bonds. The van der Waals surface area contributed by atoms with Crippen LogP contribution in [0, 0.1) is 5.92 Å². The zero-order valence-corrected chi connectivity index (χ0v) is 16.7. The van der Waals surface area contributed by atoms with Crippen molar-refractivity contribution in [1.82, 2.24) is 4.72 Å². The molecule has 28 heavy (non-hydrogen) atoms. The topological polar surface area (TPSA) is 85.0 Å². The Bertz CT molecular complexity index is 923. The van der Waals surface area contributed by atoms with E-state index in [2.05, 4.69) is 17.4 Å². The molecule has 0 radical (unpaired) electrons. The summed E-state index contributed by atoms with van der Waals surface area (Å²) in [5.74, 6) is -0.436. The van der Waals surface area contributed by atoms with E-state index in [0.29, 0.717) is 18.4 Å². The number of sulfonamides is 1. The highest BCUT2D eigenvalue weighted by atomic mass is 32.2. The van der Waals surface area contributed by atoms with Crippen molar-refractivity contribution in [3.8, 4) is 0 Å². The van der Waals surface area contributed by atoms with Gasteiger partial charge in [-0.15, -0.1) is 0 Å². The van der Waals surface area contributed by atoms with Crippen LogP contribution in [0.4, 0.5) is 0 Å². The van der Waals surface area contributed by atoms with Gasteiger partial charge in [0.25, 0.3) is 0 Å². The summed E-state index contributed by atoms with van der Waals surface area (Å²) in [6.45, 7) is 6.20. The normalized spacial score (nSPS) is 34.6. The number of allylic oxidation sites excluding steroid dienone is 1. The number of nitrogens with one attached hydrogen (secondary N) is 1. The monoisotopic (exact) mass is 403 g/mol. The molecule has 1 aromatic rings. The minimum Gasteiger partial charge on any atom is -0.455 e. The maximum Gasteiger partial charge on any atom is 0.334 e. The van der Waals surface area contributed by atoms with E-state index < -0.39 is 10.0 Å². The largest absolute Gasteiger partial charge is 0.455 e. The number of benzene rings is 1. The Morgan fingerprint density at radius 1 is 1.29 bits per heavy atom. The Balaban J connectivity index is 1.48. The van der Waals surface area contributed by atoms with Gasteiger partial charge in [-0.25, -0.2) is 17.9 Å². The molecular formula is C21H25NO5S.